The zero-order chi connectivity index (χ0) is 17.1. The molecule has 0 aromatic heterocycles. The smallest absolute Gasteiger partial charge is 0.321 e. The van der Waals surface area contributed by atoms with Crippen molar-refractivity contribution >= 4 is 21.9 Å². The lowest BCUT2D eigenvalue weighted by atomic mass is 10.1. The molecule has 0 saturated heterocycles. The van der Waals surface area contributed by atoms with Gasteiger partial charge in [-0.2, -0.15) is 4.72 Å². The molecule has 1 aromatic rings. The fourth-order valence-electron chi connectivity index (χ4n) is 1.96. The van der Waals surface area contributed by atoms with Crippen molar-refractivity contribution in [1.29, 1.82) is 0 Å². The van der Waals surface area contributed by atoms with Crippen LogP contribution in [0.1, 0.15) is 36.2 Å². The van der Waals surface area contributed by atoms with Crippen molar-refractivity contribution in [1.82, 2.24) is 4.72 Å². The van der Waals surface area contributed by atoms with Crippen LogP contribution in [-0.2, 0) is 14.8 Å². The summed E-state index contributed by atoms with van der Waals surface area (Å²) >= 11 is 0. The Labute approximate surface area is 129 Å². The number of carbonyl (C=O) groups is 2. The van der Waals surface area contributed by atoms with Crippen LogP contribution in [0.2, 0.25) is 0 Å². The number of amides is 1. The number of rotatable bonds is 7. The van der Waals surface area contributed by atoms with Crippen molar-refractivity contribution in [3.05, 3.63) is 29.3 Å². The molecule has 0 aliphatic rings. The summed E-state index contributed by atoms with van der Waals surface area (Å²) in [6.45, 7) is 5.21. The summed E-state index contributed by atoms with van der Waals surface area (Å²) in [5, 5.41) is 9.12. The first kappa shape index (κ1) is 18.1. The molecule has 0 heterocycles. The highest BCUT2D eigenvalue weighted by molar-refractivity contribution is 7.89. The van der Waals surface area contributed by atoms with Crippen molar-refractivity contribution in [3.8, 4) is 0 Å². The van der Waals surface area contributed by atoms with Crippen LogP contribution >= 0.6 is 0 Å². The first-order valence-electron chi connectivity index (χ1n) is 6.70. The van der Waals surface area contributed by atoms with E-state index in [0.717, 1.165) is 6.07 Å². The third-order valence-corrected chi connectivity index (χ3v) is 4.56. The summed E-state index contributed by atoms with van der Waals surface area (Å²) in [6, 6.07) is 2.67. The molecule has 1 atom stereocenters. The third kappa shape index (κ3) is 4.54. The highest BCUT2D eigenvalue weighted by Gasteiger charge is 2.26. The number of carbonyl (C=O) groups excluding carboxylic acids is 1. The molecule has 1 rings (SSSR count). The normalized spacial score (nSPS) is 13.1. The lowest BCUT2D eigenvalue weighted by molar-refractivity contribution is -0.139. The molecule has 0 spiro atoms. The summed E-state index contributed by atoms with van der Waals surface area (Å²) in [6.07, 6.45) is 0.156. The van der Waals surface area contributed by atoms with Gasteiger partial charge < -0.3 is 10.8 Å². The maximum atomic E-state index is 12.3. The van der Waals surface area contributed by atoms with Crippen LogP contribution in [0.3, 0.4) is 0 Å². The zero-order valence-electron chi connectivity index (χ0n) is 12.7. The number of aliphatic carboxylic acids is 1. The average molecular weight is 328 g/mol. The van der Waals surface area contributed by atoms with E-state index in [1.165, 1.54) is 12.1 Å². The summed E-state index contributed by atoms with van der Waals surface area (Å²) in [7, 11) is -4.06. The van der Waals surface area contributed by atoms with Gasteiger partial charge >= 0.3 is 5.97 Å². The van der Waals surface area contributed by atoms with E-state index in [2.05, 4.69) is 4.72 Å². The molecule has 0 fully saturated rings. The Balaban J connectivity index is 3.16. The zero-order valence-corrected chi connectivity index (χ0v) is 13.5. The number of carboxylic acid groups (broad SMARTS) is 1. The molecule has 7 nitrogen and oxygen atoms in total. The number of nitrogens with one attached hydrogen (secondary N) is 1. The minimum atomic E-state index is -4.06. The number of carboxylic acids is 1. The monoisotopic (exact) mass is 328 g/mol. The largest absolute Gasteiger partial charge is 0.480 e. The van der Waals surface area contributed by atoms with Gasteiger partial charge in [0.2, 0.25) is 15.9 Å². The third-order valence-electron chi connectivity index (χ3n) is 3.09. The summed E-state index contributed by atoms with van der Waals surface area (Å²) in [4.78, 5) is 22.3. The van der Waals surface area contributed by atoms with Gasteiger partial charge in [-0.25, -0.2) is 8.42 Å². The fraction of sp³-hybridized carbons (Fsp3) is 0.429. The van der Waals surface area contributed by atoms with Crippen LogP contribution in [-0.4, -0.2) is 31.4 Å². The van der Waals surface area contributed by atoms with Crippen molar-refractivity contribution in [2.45, 2.75) is 38.1 Å². The number of hydrogen-bond acceptors (Lipinski definition) is 4. The standard InChI is InChI=1S/C14H20N2O5S/c1-8(2)6-12(14(18)19)16-22(20,21)10-5-4-9(3)11(7-10)13(15)17/h4-5,7-8,12,16H,6H2,1-3H3,(H2,15,17)(H,18,19)/t12-/m0/s1. The minimum absolute atomic E-state index is 0.00278. The molecular weight excluding hydrogens is 308 g/mol. The van der Waals surface area contributed by atoms with E-state index in [9.17, 15) is 18.0 Å². The van der Waals surface area contributed by atoms with Gasteiger partial charge in [0.05, 0.1) is 4.90 Å². The predicted molar refractivity (Wildman–Crippen MR) is 80.9 cm³/mol. The molecule has 22 heavy (non-hydrogen) atoms. The maximum absolute atomic E-state index is 12.3. The van der Waals surface area contributed by atoms with E-state index in [4.69, 9.17) is 10.8 Å². The molecular formula is C14H20N2O5S. The second kappa shape index (κ2) is 6.89. The van der Waals surface area contributed by atoms with Crippen molar-refractivity contribution in [3.63, 3.8) is 0 Å². The molecule has 0 aliphatic heterocycles. The van der Waals surface area contributed by atoms with Gasteiger partial charge in [-0.05, 0) is 37.0 Å². The highest BCUT2D eigenvalue weighted by atomic mass is 32.2. The lowest BCUT2D eigenvalue weighted by Crippen LogP contribution is -2.41. The van der Waals surface area contributed by atoms with Gasteiger partial charge in [-0.1, -0.05) is 19.9 Å². The van der Waals surface area contributed by atoms with Crippen LogP contribution in [0.25, 0.3) is 0 Å². The van der Waals surface area contributed by atoms with Crippen molar-refractivity contribution in [2.75, 3.05) is 0 Å². The van der Waals surface area contributed by atoms with Gasteiger partial charge in [0, 0.05) is 5.56 Å². The van der Waals surface area contributed by atoms with Gasteiger partial charge in [0.15, 0.2) is 0 Å². The van der Waals surface area contributed by atoms with Crippen LogP contribution in [0, 0.1) is 12.8 Å². The minimum Gasteiger partial charge on any atom is -0.480 e. The van der Waals surface area contributed by atoms with Crippen LogP contribution in [0.5, 0.6) is 0 Å². The number of benzene rings is 1. The maximum Gasteiger partial charge on any atom is 0.321 e. The molecule has 0 radical (unpaired) electrons. The fourth-order valence-corrected chi connectivity index (χ4v) is 3.19. The Kier molecular flexibility index (Phi) is 5.67. The Bertz CT molecular complexity index is 682. The average Bonchev–Trinajstić information content (AvgIpc) is 2.36. The Morgan fingerprint density at radius 3 is 2.36 bits per heavy atom. The van der Waals surface area contributed by atoms with Crippen molar-refractivity contribution < 1.29 is 23.1 Å². The Morgan fingerprint density at radius 1 is 1.32 bits per heavy atom. The second-order valence-corrected chi connectivity index (χ2v) is 7.20. The van der Waals surface area contributed by atoms with Gasteiger partial charge in [0.25, 0.3) is 0 Å². The summed E-state index contributed by atoms with van der Waals surface area (Å²) in [5.74, 6) is -1.99. The van der Waals surface area contributed by atoms with E-state index in [1.54, 1.807) is 20.8 Å². The van der Waals surface area contributed by atoms with E-state index in [-0.39, 0.29) is 22.8 Å². The number of sulfonamides is 1. The number of aryl methyl sites for hydroxylation is 1. The molecule has 0 bridgehead atoms. The second-order valence-electron chi connectivity index (χ2n) is 5.48. The van der Waals surface area contributed by atoms with Gasteiger partial charge in [-0.3, -0.25) is 9.59 Å². The lowest BCUT2D eigenvalue weighted by Gasteiger charge is -2.17. The van der Waals surface area contributed by atoms with E-state index >= 15 is 0 Å². The molecule has 0 aliphatic carbocycles. The molecule has 4 N–H and O–H groups in total. The quantitative estimate of drug-likeness (QED) is 0.684. The molecule has 8 heteroatoms. The first-order valence-corrected chi connectivity index (χ1v) is 8.18. The molecule has 0 unspecified atom stereocenters. The molecule has 1 aromatic carbocycles. The van der Waals surface area contributed by atoms with Crippen LogP contribution in [0.4, 0.5) is 0 Å². The molecule has 0 saturated carbocycles. The molecule has 1 amide bonds. The first-order chi connectivity index (χ1) is 10.0. The Hall–Kier alpha value is -1.93. The van der Waals surface area contributed by atoms with Crippen LogP contribution < -0.4 is 10.5 Å². The topological polar surface area (TPSA) is 127 Å². The van der Waals surface area contributed by atoms with E-state index < -0.39 is 27.9 Å². The van der Waals surface area contributed by atoms with Gasteiger partial charge in [0.1, 0.15) is 6.04 Å². The van der Waals surface area contributed by atoms with Crippen LogP contribution in [0.15, 0.2) is 23.1 Å². The predicted octanol–water partition coefficient (Wildman–Crippen LogP) is 0.872. The number of hydrogen-bond donors (Lipinski definition) is 3. The summed E-state index contributed by atoms with van der Waals surface area (Å²) in [5.41, 5.74) is 5.82. The van der Waals surface area contributed by atoms with E-state index in [0.29, 0.717) is 5.56 Å². The van der Waals surface area contributed by atoms with Crippen molar-refractivity contribution in [2.24, 2.45) is 11.7 Å². The Morgan fingerprint density at radius 2 is 1.91 bits per heavy atom. The van der Waals surface area contributed by atoms with Gasteiger partial charge in [-0.15, -0.1) is 0 Å². The SMILES string of the molecule is Cc1ccc(S(=O)(=O)N[C@@H](CC(C)C)C(=O)O)cc1C(N)=O. The van der Waals surface area contributed by atoms with E-state index in [1.807, 2.05) is 0 Å². The number of nitrogens with two attached hydrogens (primary N) is 1. The molecule has 122 valence electrons. The number of primary amides is 1. The summed E-state index contributed by atoms with van der Waals surface area (Å²) < 4.78 is 26.7. The highest BCUT2D eigenvalue weighted by Crippen LogP contribution is 2.17.